The van der Waals surface area contributed by atoms with Crippen molar-refractivity contribution in [2.45, 2.75) is 52.4 Å². The molecule has 1 aromatic carbocycles. The molecule has 0 radical (unpaired) electrons. The lowest BCUT2D eigenvalue weighted by atomic mass is 10.1. The zero-order chi connectivity index (χ0) is 21.8. The van der Waals surface area contributed by atoms with Gasteiger partial charge >= 0.3 is 0 Å². The number of guanidine groups is 1. The standard InChI is InChI=1S/C23H40N4O3.HI/c1-6-24-23(26-16-20(29-7-2)10-12-27(4)5)25-15-19-9-8-18(3)14-22(19)30-21-11-13-28-17-21;/h8-9,14,20-21H,6-7,10-13,15-17H2,1-5H3,(H2,24,25,26);1H. The van der Waals surface area contributed by atoms with Crippen molar-refractivity contribution in [2.75, 3.05) is 53.6 Å². The number of rotatable bonds is 12. The minimum atomic E-state index is 0. The molecule has 0 spiro atoms. The number of hydrogen-bond acceptors (Lipinski definition) is 5. The minimum absolute atomic E-state index is 0. The fourth-order valence-corrected chi connectivity index (χ4v) is 3.29. The zero-order valence-corrected chi connectivity index (χ0v) is 22.1. The molecule has 1 aliphatic rings. The van der Waals surface area contributed by atoms with E-state index in [4.69, 9.17) is 19.2 Å². The summed E-state index contributed by atoms with van der Waals surface area (Å²) in [6.45, 7) is 11.4. The minimum Gasteiger partial charge on any atom is -0.488 e. The average Bonchev–Trinajstić information content (AvgIpc) is 3.22. The van der Waals surface area contributed by atoms with E-state index in [1.807, 2.05) is 6.92 Å². The molecule has 0 amide bonds. The Morgan fingerprint density at radius 3 is 2.74 bits per heavy atom. The smallest absolute Gasteiger partial charge is 0.191 e. The SMILES string of the molecule is CCNC(=NCc1ccc(C)cc1OC1CCOC1)NCC(CCN(C)C)OCC.I. The molecular weight excluding hydrogens is 507 g/mol. The first kappa shape index (κ1) is 27.9. The van der Waals surface area contributed by atoms with Crippen molar-refractivity contribution in [3.05, 3.63) is 29.3 Å². The van der Waals surface area contributed by atoms with Crippen LogP contribution in [0.25, 0.3) is 0 Å². The van der Waals surface area contributed by atoms with Crippen LogP contribution in [0, 0.1) is 6.92 Å². The van der Waals surface area contributed by atoms with Gasteiger partial charge in [-0.2, -0.15) is 0 Å². The molecule has 0 saturated carbocycles. The molecular formula is C23H41IN4O3. The summed E-state index contributed by atoms with van der Waals surface area (Å²) in [5.74, 6) is 1.70. The van der Waals surface area contributed by atoms with Crippen LogP contribution in [0.2, 0.25) is 0 Å². The first-order valence-electron chi connectivity index (χ1n) is 11.1. The van der Waals surface area contributed by atoms with Crippen molar-refractivity contribution in [2.24, 2.45) is 4.99 Å². The van der Waals surface area contributed by atoms with Gasteiger partial charge in [-0.25, -0.2) is 4.99 Å². The Kier molecular flexibility index (Phi) is 14.1. The molecule has 7 nitrogen and oxygen atoms in total. The Morgan fingerprint density at radius 1 is 1.29 bits per heavy atom. The molecule has 2 N–H and O–H groups in total. The van der Waals surface area contributed by atoms with Crippen LogP contribution < -0.4 is 15.4 Å². The number of ether oxygens (including phenoxy) is 3. The molecule has 1 heterocycles. The van der Waals surface area contributed by atoms with Gasteiger partial charge in [-0.15, -0.1) is 24.0 Å². The van der Waals surface area contributed by atoms with E-state index in [0.717, 1.165) is 56.4 Å². The molecule has 1 aromatic rings. The van der Waals surface area contributed by atoms with Crippen LogP contribution in [0.1, 0.15) is 37.8 Å². The van der Waals surface area contributed by atoms with Crippen molar-refractivity contribution >= 4 is 29.9 Å². The topological polar surface area (TPSA) is 67.4 Å². The lowest BCUT2D eigenvalue weighted by Gasteiger charge is -2.21. The van der Waals surface area contributed by atoms with Gasteiger partial charge in [0.1, 0.15) is 11.9 Å². The van der Waals surface area contributed by atoms with Gasteiger partial charge in [0, 0.05) is 38.2 Å². The Hall–Kier alpha value is -1.10. The largest absolute Gasteiger partial charge is 0.488 e. The third-order valence-corrected chi connectivity index (χ3v) is 4.95. The Bertz CT molecular complexity index is 652. The molecule has 1 aliphatic heterocycles. The summed E-state index contributed by atoms with van der Waals surface area (Å²) in [6.07, 6.45) is 2.20. The lowest BCUT2D eigenvalue weighted by Crippen LogP contribution is -2.42. The lowest BCUT2D eigenvalue weighted by molar-refractivity contribution is 0.0548. The maximum atomic E-state index is 6.20. The van der Waals surface area contributed by atoms with Gasteiger partial charge in [0.2, 0.25) is 0 Å². The van der Waals surface area contributed by atoms with Crippen LogP contribution in [0.15, 0.2) is 23.2 Å². The number of hydrogen-bond donors (Lipinski definition) is 2. The summed E-state index contributed by atoms with van der Waals surface area (Å²) in [5.41, 5.74) is 2.26. The predicted molar refractivity (Wildman–Crippen MR) is 138 cm³/mol. The Balaban J connectivity index is 0.00000480. The van der Waals surface area contributed by atoms with Crippen LogP contribution in [-0.4, -0.2) is 76.6 Å². The van der Waals surface area contributed by atoms with Gasteiger partial charge in [0.15, 0.2) is 5.96 Å². The molecule has 2 unspecified atom stereocenters. The van der Waals surface area contributed by atoms with E-state index in [9.17, 15) is 0 Å². The monoisotopic (exact) mass is 548 g/mol. The van der Waals surface area contributed by atoms with Gasteiger partial charge < -0.3 is 29.7 Å². The quantitative estimate of drug-likeness (QED) is 0.238. The molecule has 0 aliphatic carbocycles. The predicted octanol–water partition coefficient (Wildman–Crippen LogP) is 3.19. The maximum absolute atomic E-state index is 6.20. The van der Waals surface area contributed by atoms with E-state index in [0.29, 0.717) is 19.8 Å². The van der Waals surface area contributed by atoms with Crippen molar-refractivity contribution in [1.29, 1.82) is 0 Å². The fourth-order valence-electron chi connectivity index (χ4n) is 3.29. The normalized spacial score (nSPS) is 17.4. The molecule has 0 bridgehead atoms. The van der Waals surface area contributed by atoms with Crippen molar-refractivity contribution in [1.82, 2.24) is 15.5 Å². The molecule has 2 rings (SSSR count). The second kappa shape index (κ2) is 15.7. The van der Waals surface area contributed by atoms with E-state index in [1.54, 1.807) is 0 Å². The number of nitrogens with one attached hydrogen (secondary N) is 2. The van der Waals surface area contributed by atoms with E-state index >= 15 is 0 Å². The average molecular weight is 549 g/mol. The number of nitrogens with zero attached hydrogens (tertiary/aromatic N) is 2. The summed E-state index contributed by atoms with van der Waals surface area (Å²) < 4.78 is 17.5. The molecule has 1 fully saturated rings. The molecule has 0 aromatic heterocycles. The van der Waals surface area contributed by atoms with E-state index < -0.39 is 0 Å². The van der Waals surface area contributed by atoms with Crippen LogP contribution in [-0.2, 0) is 16.0 Å². The van der Waals surface area contributed by atoms with Crippen molar-refractivity contribution < 1.29 is 14.2 Å². The molecule has 1 saturated heterocycles. The summed E-state index contributed by atoms with van der Waals surface area (Å²) in [6, 6.07) is 6.30. The molecule has 2 atom stereocenters. The second-order valence-electron chi connectivity index (χ2n) is 7.96. The number of halogens is 1. The Morgan fingerprint density at radius 2 is 2.10 bits per heavy atom. The van der Waals surface area contributed by atoms with Crippen LogP contribution >= 0.6 is 24.0 Å². The number of aliphatic imine (C=N–C) groups is 1. The van der Waals surface area contributed by atoms with E-state index in [2.05, 4.69) is 61.7 Å². The van der Waals surface area contributed by atoms with E-state index in [-0.39, 0.29) is 36.2 Å². The van der Waals surface area contributed by atoms with E-state index in [1.165, 1.54) is 5.56 Å². The molecule has 8 heteroatoms. The highest BCUT2D eigenvalue weighted by atomic mass is 127. The van der Waals surface area contributed by atoms with Crippen LogP contribution in [0.4, 0.5) is 0 Å². The first-order valence-corrected chi connectivity index (χ1v) is 11.1. The van der Waals surface area contributed by atoms with Gasteiger partial charge in [0.25, 0.3) is 0 Å². The summed E-state index contributed by atoms with van der Waals surface area (Å²) in [7, 11) is 4.17. The highest BCUT2D eigenvalue weighted by Gasteiger charge is 2.19. The van der Waals surface area contributed by atoms with Gasteiger partial charge in [-0.1, -0.05) is 12.1 Å². The van der Waals surface area contributed by atoms with Crippen molar-refractivity contribution in [3.63, 3.8) is 0 Å². The van der Waals surface area contributed by atoms with Gasteiger partial charge in [0.05, 0.1) is 25.9 Å². The maximum Gasteiger partial charge on any atom is 0.191 e. The number of aryl methyl sites for hydroxylation is 1. The second-order valence-corrected chi connectivity index (χ2v) is 7.96. The van der Waals surface area contributed by atoms with Crippen LogP contribution in [0.3, 0.4) is 0 Å². The third-order valence-electron chi connectivity index (χ3n) is 4.95. The number of benzene rings is 1. The van der Waals surface area contributed by atoms with Gasteiger partial charge in [-0.05, 0) is 52.9 Å². The van der Waals surface area contributed by atoms with Crippen molar-refractivity contribution in [3.8, 4) is 5.75 Å². The Labute approximate surface area is 205 Å². The summed E-state index contributed by atoms with van der Waals surface area (Å²) >= 11 is 0. The fraction of sp³-hybridized carbons (Fsp3) is 0.696. The summed E-state index contributed by atoms with van der Waals surface area (Å²) in [5, 5.41) is 6.77. The highest BCUT2D eigenvalue weighted by Crippen LogP contribution is 2.24. The third kappa shape index (κ3) is 10.9. The molecule has 178 valence electrons. The first-order chi connectivity index (χ1) is 14.5. The van der Waals surface area contributed by atoms with Gasteiger partial charge in [-0.3, -0.25) is 0 Å². The zero-order valence-electron chi connectivity index (χ0n) is 19.8. The molecule has 31 heavy (non-hydrogen) atoms. The van der Waals surface area contributed by atoms with Crippen LogP contribution in [0.5, 0.6) is 5.75 Å². The summed E-state index contributed by atoms with van der Waals surface area (Å²) in [4.78, 5) is 6.97. The highest BCUT2D eigenvalue weighted by molar-refractivity contribution is 14.0.